The highest BCUT2D eigenvalue weighted by Crippen LogP contribution is 2.17. The van der Waals surface area contributed by atoms with Crippen LogP contribution in [0.15, 0.2) is 30.3 Å². The Morgan fingerprint density at radius 1 is 1.04 bits per heavy atom. The predicted octanol–water partition coefficient (Wildman–Crippen LogP) is 2.24. The number of urea groups is 1. The Kier molecular flexibility index (Phi) is 5.91. The number of hydrogen-bond acceptors (Lipinski definition) is 3. The second-order valence-electron chi connectivity index (χ2n) is 6.99. The molecule has 3 rings (SSSR count). The number of anilines is 1. The van der Waals surface area contributed by atoms with E-state index in [1.165, 1.54) is 6.42 Å². The van der Waals surface area contributed by atoms with Gasteiger partial charge < -0.3 is 15.1 Å². The third-order valence-corrected chi connectivity index (χ3v) is 5.17. The lowest BCUT2D eigenvalue weighted by molar-refractivity contribution is -0.136. The van der Waals surface area contributed by atoms with E-state index >= 15 is 0 Å². The first-order valence-electron chi connectivity index (χ1n) is 9.26. The maximum Gasteiger partial charge on any atom is 0.321 e. The van der Waals surface area contributed by atoms with Crippen LogP contribution in [0, 0.1) is 0 Å². The van der Waals surface area contributed by atoms with Gasteiger partial charge in [-0.3, -0.25) is 9.69 Å². The van der Waals surface area contributed by atoms with Crippen LogP contribution >= 0.6 is 0 Å². The van der Waals surface area contributed by atoms with E-state index in [1.807, 2.05) is 40.1 Å². The summed E-state index contributed by atoms with van der Waals surface area (Å²) in [5, 5.41) is 2.92. The molecule has 1 aromatic carbocycles. The molecule has 1 N–H and O–H groups in total. The quantitative estimate of drug-likeness (QED) is 0.915. The molecule has 6 heteroatoms. The van der Waals surface area contributed by atoms with Crippen molar-refractivity contribution in [2.45, 2.75) is 32.2 Å². The van der Waals surface area contributed by atoms with Gasteiger partial charge in [-0.15, -0.1) is 0 Å². The first kappa shape index (κ1) is 17.7. The monoisotopic (exact) mass is 344 g/mol. The number of piperazine rings is 1. The molecule has 25 heavy (non-hydrogen) atoms. The topological polar surface area (TPSA) is 55.9 Å². The van der Waals surface area contributed by atoms with Crippen LogP contribution < -0.4 is 5.32 Å². The van der Waals surface area contributed by atoms with E-state index in [0.717, 1.165) is 38.2 Å². The summed E-state index contributed by atoms with van der Waals surface area (Å²) in [6, 6.07) is 9.79. The predicted molar refractivity (Wildman–Crippen MR) is 98.5 cm³/mol. The molecular formula is C19H28N4O2. The van der Waals surface area contributed by atoms with Gasteiger partial charge in [0.15, 0.2) is 0 Å². The van der Waals surface area contributed by atoms with Crippen molar-refractivity contribution in [2.24, 2.45) is 0 Å². The van der Waals surface area contributed by atoms with E-state index < -0.39 is 0 Å². The van der Waals surface area contributed by atoms with Crippen molar-refractivity contribution in [1.29, 1.82) is 0 Å². The smallest absolute Gasteiger partial charge is 0.321 e. The second kappa shape index (κ2) is 8.34. The number of amides is 3. The summed E-state index contributed by atoms with van der Waals surface area (Å²) in [5.74, 6) is 0.231. The number of rotatable bonds is 3. The fraction of sp³-hybridized carbons (Fsp3) is 0.579. The molecule has 2 saturated heterocycles. The third-order valence-electron chi connectivity index (χ3n) is 5.17. The van der Waals surface area contributed by atoms with Gasteiger partial charge in [-0.25, -0.2) is 4.79 Å². The van der Waals surface area contributed by atoms with Crippen LogP contribution in [0.1, 0.15) is 26.2 Å². The maximum atomic E-state index is 12.5. The van der Waals surface area contributed by atoms with Crippen molar-refractivity contribution in [3.05, 3.63) is 30.3 Å². The van der Waals surface area contributed by atoms with Crippen molar-refractivity contribution < 1.29 is 9.59 Å². The minimum Gasteiger partial charge on any atom is -0.339 e. The van der Waals surface area contributed by atoms with Crippen LogP contribution in [0.3, 0.4) is 0 Å². The Balaban J connectivity index is 1.43. The highest BCUT2D eigenvalue weighted by atomic mass is 16.2. The zero-order valence-electron chi connectivity index (χ0n) is 15.0. The van der Waals surface area contributed by atoms with Crippen molar-refractivity contribution in [2.75, 3.05) is 44.6 Å². The van der Waals surface area contributed by atoms with Crippen molar-refractivity contribution in [3.63, 3.8) is 0 Å². The van der Waals surface area contributed by atoms with Crippen LogP contribution in [-0.4, -0.2) is 71.9 Å². The molecule has 3 amide bonds. The Labute approximate surface area is 149 Å². The summed E-state index contributed by atoms with van der Waals surface area (Å²) < 4.78 is 0. The van der Waals surface area contributed by atoms with Gasteiger partial charge in [0, 0.05) is 44.5 Å². The minimum atomic E-state index is -0.0678. The first-order chi connectivity index (χ1) is 12.1. The van der Waals surface area contributed by atoms with Gasteiger partial charge in [0.1, 0.15) is 0 Å². The van der Waals surface area contributed by atoms with Crippen LogP contribution in [-0.2, 0) is 4.79 Å². The van der Waals surface area contributed by atoms with Crippen molar-refractivity contribution in [1.82, 2.24) is 14.7 Å². The molecule has 2 heterocycles. The highest BCUT2D eigenvalue weighted by molar-refractivity contribution is 5.89. The average molecular weight is 344 g/mol. The van der Waals surface area contributed by atoms with Gasteiger partial charge in [0.2, 0.25) is 5.91 Å². The zero-order valence-corrected chi connectivity index (χ0v) is 15.0. The van der Waals surface area contributed by atoms with E-state index in [2.05, 4.69) is 17.1 Å². The molecule has 2 fully saturated rings. The normalized spacial score (nSPS) is 21.9. The average Bonchev–Trinajstić information content (AvgIpc) is 2.63. The first-order valence-corrected chi connectivity index (χ1v) is 9.26. The SMILES string of the molecule is CC1CCCCN1C(=O)CN1CCN(C(=O)Nc2ccccc2)CC1. The summed E-state index contributed by atoms with van der Waals surface area (Å²) in [6.45, 7) is 6.30. The Morgan fingerprint density at radius 2 is 1.76 bits per heavy atom. The number of nitrogens with zero attached hydrogens (tertiary/aromatic N) is 3. The van der Waals surface area contributed by atoms with Crippen LogP contribution in [0.4, 0.5) is 10.5 Å². The number of piperidine rings is 1. The molecule has 2 aliphatic heterocycles. The Hall–Kier alpha value is -2.08. The van der Waals surface area contributed by atoms with E-state index in [9.17, 15) is 9.59 Å². The fourth-order valence-corrected chi connectivity index (χ4v) is 3.58. The summed E-state index contributed by atoms with van der Waals surface area (Å²) in [4.78, 5) is 30.8. The Bertz CT molecular complexity index is 584. The van der Waals surface area contributed by atoms with Gasteiger partial charge >= 0.3 is 6.03 Å². The molecule has 0 radical (unpaired) electrons. The number of benzene rings is 1. The number of carbonyl (C=O) groups excluding carboxylic acids is 2. The zero-order chi connectivity index (χ0) is 17.6. The van der Waals surface area contributed by atoms with Crippen molar-refractivity contribution >= 4 is 17.6 Å². The molecule has 1 aromatic rings. The van der Waals surface area contributed by atoms with Crippen LogP contribution in [0.5, 0.6) is 0 Å². The van der Waals surface area contributed by atoms with Crippen LogP contribution in [0.25, 0.3) is 0 Å². The molecule has 1 unspecified atom stereocenters. The number of nitrogens with one attached hydrogen (secondary N) is 1. The van der Waals surface area contributed by atoms with E-state index in [1.54, 1.807) is 0 Å². The molecule has 6 nitrogen and oxygen atoms in total. The van der Waals surface area contributed by atoms with Gasteiger partial charge in [-0.05, 0) is 38.3 Å². The van der Waals surface area contributed by atoms with Gasteiger partial charge in [-0.2, -0.15) is 0 Å². The summed E-state index contributed by atoms with van der Waals surface area (Å²) in [6.07, 6.45) is 3.45. The standard InChI is InChI=1S/C19H28N4O2/c1-16-7-5-6-10-23(16)18(24)15-21-11-13-22(14-12-21)19(25)20-17-8-3-2-4-9-17/h2-4,8-9,16H,5-7,10-15H2,1H3,(H,20,25). The third kappa shape index (κ3) is 4.72. The van der Waals surface area contributed by atoms with E-state index in [4.69, 9.17) is 0 Å². The van der Waals surface area contributed by atoms with Gasteiger partial charge in [0.25, 0.3) is 0 Å². The fourth-order valence-electron chi connectivity index (χ4n) is 3.58. The lowest BCUT2D eigenvalue weighted by atomic mass is 10.0. The number of likely N-dealkylation sites (tertiary alicyclic amines) is 1. The molecule has 0 aliphatic carbocycles. The number of carbonyl (C=O) groups is 2. The summed E-state index contributed by atoms with van der Waals surface area (Å²) in [7, 11) is 0. The molecule has 0 saturated carbocycles. The number of para-hydroxylation sites is 1. The molecule has 0 bridgehead atoms. The summed E-state index contributed by atoms with van der Waals surface area (Å²) >= 11 is 0. The molecule has 2 aliphatic rings. The molecule has 136 valence electrons. The highest BCUT2D eigenvalue weighted by Gasteiger charge is 2.27. The van der Waals surface area contributed by atoms with Gasteiger partial charge in [0.05, 0.1) is 6.54 Å². The van der Waals surface area contributed by atoms with E-state index in [0.29, 0.717) is 25.7 Å². The van der Waals surface area contributed by atoms with Crippen molar-refractivity contribution in [3.8, 4) is 0 Å². The molecule has 0 aromatic heterocycles. The number of hydrogen-bond donors (Lipinski definition) is 1. The summed E-state index contributed by atoms with van der Waals surface area (Å²) in [5.41, 5.74) is 0.809. The van der Waals surface area contributed by atoms with Gasteiger partial charge in [-0.1, -0.05) is 18.2 Å². The second-order valence-corrected chi connectivity index (χ2v) is 6.99. The minimum absolute atomic E-state index is 0.0678. The molecule has 1 atom stereocenters. The molecule has 0 spiro atoms. The van der Waals surface area contributed by atoms with Crippen LogP contribution in [0.2, 0.25) is 0 Å². The maximum absolute atomic E-state index is 12.5. The molecular weight excluding hydrogens is 316 g/mol. The largest absolute Gasteiger partial charge is 0.339 e. The lowest BCUT2D eigenvalue weighted by Crippen LogP contribution is -2.53. The van der Waals surface area contributed by atoms with E-state index in [-0.39, 0.29) is 11.9 Å². The Morgan fingerprint density at radius 3 is 2.44 bits per heavy atom. The lowest BCUT2D eigenvalue weighted by Gasteiger charge is -2.38.